The minimum atomic E-state index is -0.411. The highest BCUT2D eigenvalue weighted by molar-refractivity contribution is 5.76. The summed E-state index contributed by atoms with van der Waals surface area (Å²) < 4.78 is 0. The molecule has 2 heterocycles. The van der Waals surface area contributed by atoms with Gasteiger partial charge in [-0.25, -0.2) is 0 Å². The third-order valence-corrected chi connectivity index (χ3v) is 5.32. The number of hydrogen-bond acceptors (Lipinski definition) is 4. The number of likely N-dealkylation sites (N-methyl/N-ethyl adjacent to an activating group) is 1. The molecule has 5 nitrogen and oxygen atoms in total. The van der Waals surface area contributed by atoms with Crippen LogP contribution in [0, 0.1) is 0 Å². The van der Waals surface area contributed by atoms with Crippen molar-refractivity contribution in [2.75, 3.05) is 46.3 Å². The molecule has 132 valence electrons. The quantitative estimate of drug-likeness (QED) is 0.868. The summed E-state index contributed by atoms with van der Waals surface area (Å²) in [5.41, 5.74) is 1.28. The van der Waals surface area contributed by atoms with Gasteiger partial charge in [-0.2, -0.15) is 0 Å². The number of carbonyl (C=O) groups excluding carboxylic acids is 1. The Morgan fingerprint density at radius 2 is 1.83 bits per heavy atom. The van der Waals surface area contributed by atoms with Crippen molar-refractivity contribution in [3.63, 3.8) is 0 Å². The lowest BCUT2D eigenvalue weighted by atomic mass is 10.1. The van der Waals surface area contributed by atoms with Gasteiger partial charge in [-0.1, -0.05) is 30.3 Å². The number of likely N-dealkylation sites (tertiary alicyclic amines) is 1. The van der Waals surface area contributed by atoms with Crippen LogP contribution in [0.5, 0.6) is 0 Å². The molecule has 0 unspecified atom stereocenters. The van der Waals surface area contributed by atoms with Gasteiger partial charge in [0.25, 0.3) is 0 Å². The first-order valence-electron chi connectivity index (χ1n) is 9.06. The summed E-state index contributed by atoms with van der Waals surface area (Å²) in [6.07, 6.45) is 1.96. The van der Waals surface area contributed by atoms with E-state index >= 15 is 0 Å². The maximum absolute atomic E-state index is 12.4. The highest BCUT2D eigenvalue weighted by Crippen LogP contribution is 2.19. The normalized spacial score (nSPS) is 26.0. The zero-order valence-electron chi connectivity index (χ0n) is 14.6. The van der Waals surface area contributed by atoms with Crippen LogP contribution in [-0.4, -0.2) is 84.2 Å². The SMILES string of the molecule is CN1CCN([C@H]2CN(C(=O)CCCc3ccccc3)C[C@@H]2O)CC1. The van der Waals surface area contributed by atoms with Crippen LogP contribution >= 0.6 is 0 Å². The van der Waals surface area contributed by atoms with E-state index in [1.165, 1.54) is 5.56 Å². The van der Waals surface area contributed by atoms with E-state index in [0.717, 1.165) is 39.0 Å². The number of hydrogen-bond donors (Lipinski definition) is 1. The Labute approximate surface area is 144 Å². The molecule has 1 N–H and O–H groups in total. The summed E-state index contributed by atoms with van der Waals surface area (Å²) in [6, 6.07) is 10.4. The topological polar surface area (TPSA) is 47.0 Å². The van der Waals surface area contributed by atoms with Gasteiger partial charge in [0, 0.05) is 45.7 Å². The second-order valence-electron chi connectivity index (χ2n) is 7.11. The number of piperazine rings is 1. The maximum Gasteiger partial charge on any atom is 0.222 e. The summed E-state index contributed by atoms with van der Waals surface area (Å²) >= 11 is 0. The fourth-order valence-electron chi connectivity index (χ4n) is 3.73. The summed E-state index contributed by atoms with van der Waals surface area (Å²) in [5.74, 6) is 0.182. The van der Waals surface area contributed by atoms with Crippen LogP contribution in [0.15, 0.2) is 30.3 Å². The van der Waals surface area contributed by atoms with Gasteiger partial charge in [0.1, 0.15) is 0 Å². The molecule has 1 aromatic carbocycles. The second kappa shape index (κ2) is 8.10. The molecule has 0 saturated carbocycles. The van der Waals surface area contributed by atoms with Crippen LogP contribution in [0.25, 0.3) is 0 Å². The molecule has 24 heavy (non-hydrogen) atoms. The standard InChI is InChI=1S/C19H29N3O2/c1-20-10-12-21(13-11-20)17-14-22(15-18(17)23)19(24)9-5-8-16-6-3-2-4-7-16/h2-4,6-7,17-18,23H,5,8-15H2,1H3/t17-,18-/m0/s1. The Bertz CT molecular complexity index is 529. The highest BCUT2D eigenvalue weighted by Gasteiger charge is 2.37. The Morgan fingerprint density at radius 1 is 1.12 bits per heavy atom. The van der Waals surface area contributed by atoms with Crippen molar-refractivity contribution in [1.82, 2.24) is 14.7 Å². The van der Waals surface area contributed by atoms with Crippen molar-refractivity contribution in [2.24, 2.45) is 0 Å². The number of aliphatic hydroxyl groups excluding tert-OH is 1. The molecule has 2 aliphatic rings. The number of aliphatic hydroxyl groups is 1. The minimum Gasteiger partial charge on any atom is -0.390 e. The molecule has 0 bridgehead atoms. The molecule has 2 aliphatic heterocycles. The van der Waals surface area contributed by atoms with Gasteiger partial charge in [-0.3, -0.25) is 9.69 Å². The number of carbonyl (C=O) groups is 1. The zero-order valence-corrected chi connectivity index (χ0v) is 14.6. The molecule has 3 rings (SSSR count). The van der Waals surface area contributed by atoms with Gasteiger partial charge in [-0.15, -0.1) is 0 Å². The van der Waals surface area contributed by atoms with Crippen LogP contribution in [0.2, 0.25) is 0 Å². The lowest BCUT2D eigenvalue weighted by Crippen LogP contribution is -2.52. The number of amides is 1. The first kappa shape index (κ1) is 17.4. The molecule has 1 aromatic rings. The van der Waals surface area contributed by atoms with Crippen molar-refractivity contribution in [3.8, 4) is 0 Å². The van der Waals surface area contributed by atoms with E-state index in [-0.39, 0.29) is 11.9 Å². The molecular weight excluding hydrogens is 302 g/mol. The Hall–Kier alpha value is -1.43. The van der Waals surface area contributed by atoms with Gasteiger partial charge in [0.2, 0.25) is 5.91 Å². The van der Waals surface area contributed by atoms with Gasteiger partial charge in [-0.05, 0) is 25.5 Å². The molecule has 2 atom stereocenters. The monoisotopic (exact) mass is 331 g/mol. The molecule has 0 aromatic heterocycles. The first-order valence-corrected chi connectivity index (χ1v) is 9.06. The van der Waals surface area contributed by atoms with Gasteiger partial charge in [0.05, 0.1) is 12.1 Å². The van der Waals surface area contributed by atoms with Crippen molar-refractivity contribution in [1.29, 1.82) is 0 Å². The maximum atomic E-state index is 12.4. The average molecular weight is 331 g/mol. The van der Waals surface area contributed by atoms with E-state index < -0.39 is 6.10 Å². The molecule has 0 aliphatic carbocycles. The van der Waals surface area contributed by atoms with Crippen LogP contribution in [-0.2, 0) is 11.2 Å². The Kier molecular flexibility index (Phi) is 5.87. The van der Waals surface area contributed by atoms with Gasteiger partial charge < -0.3 is 14.9 Å². The summed E-state index contributed by atoms with van der Waals surface area (Å²) in [4.78, 5) is 19.0. The van der Waals surface area contributed by atoms with Crippen LogP contribution in [0.3, 0.4) is 0 Å². The molecule has 2 fully saturated rings. The Balaban J connectivity index is 1.44. The second-order valence-corrected chi connectivity index (χ2v) is 7.11. The first-order chi connectivity index (χ1) is 11.6. The van der Waals surface area contributed by atoms with Gasteiger partial charge >= 0.3 is 0 Å². The summed E-state index contributed by atoms with van der Waals surface area (Å²) in [7, 11) is 2.13. The van der Waals surface area contributed by atoms with E-state index in [9.17, 15) is 9.90 Å². The van der Waals surface area contributed by atoms with Crippen LogP contribution < -0.4 is 0 Å². The fourth-order valence-corrected chi connectivity index (χ4v) is 3.73. The van der Waals surface area contributed by atoms with Crippen molar-refractivity contribution in [3.05, 3.63) is 35.9 Å². The summed E-state index contributed by atoms with van der Waals surface area (Å²) in [6.45, 7) is 5.20. The largest absolute Gasteiger partial charge is 0.390 e. The van der Waals surface area contributed by atoms with Crippen molar-refractivity contribution in [2.45, 2.75) is 31.4 Å². The molecule has 2 saturated heterocycles. The molecule has 1 amide bonds. The lowest BCUT2D eigenvalue weighted by Gasteiger charge is -2.37. The predicted octanol–water partition coefficient (Wildman–Crippen LogP) is 0.828. The van der Waals surface area contributed by atoms with E-state index in [1.807, 2.05) is 23.1 Å². The van der Waals surface area contributed by atoms with E-state index in [4.69, 9.17) is 0 Å². The molecule has 5 heteroatoms. The predicted molar refractivity (Wildman–Crippen MR) is 94.8 cm³/mol. The van der Waals surface area contributed by atoms with Crippen LogP contribution in [0.1, 0.15) is 18.4 Å². The third-order valence-electron chi connectivity index (χ3n) is 5.32. The van der Waals surface area contributed by atoms with Crippen LogP contribution in [0.4, 0.5) is 0 Å². The Morgan fingerprint density at radius 3 is 2.54 bits per heavy atom. The van der Waals surface area contributed by atoms with E-state index in [1.54, 1.807) is 0 Å². The smallest absolute Gasteiger partial charge is 0.222 e. The molecular formula is C19H29N3O2. The van der Waals surface area contributed by atoms with E-state index in [2.05, 4.69) is 29.0 Å². The van der Waals surface area contributed by atoms with Crippen molar-refractivity contribution >= 4 is 5.91 Å². The molecule has 0 radical (unpaired) electrons. The lowest BCUT2D eigenvalue weighted by molar-refractivity contribution is -0.130. The van der Waals surface area contributed by atoms with Crippen molar-refractivity contribution < 1.29 is 9.90 Å². The zero-order chi connectivity index (χ0) is 16.9. The average Bonchev–Trinajstić information content (AvgIpc) is 2.98. The number of benzene rings is 1. The number of nitrogens with zero attached hydrogens (tertiary/aromatic N) is 3. The number of rotatable bonds is 5. The highest BCUT2D eigenvalue weighted by atomic mass is 16.3. The fraction of sp³-hybridized carbons (Fsp3) is 0.632. The summed E-state index contributed by atoms with van der Waals surface area (Å²) in [5, 5.41) is 10.4. The van der Waals surface area contributed by atoms with E-state index in [0.29, 0.717) is 19.5 Å². The third kappa shape index (κ3) is 4.35. The number of aryl methyl sites for hydroxylation is 1. The minimum absolute atomic E-state index is 0.108. The number of β-amino-alcohol motifs (C(OH)–C–C–N with tert-alkyl or cyclic N) is 1. The van der Waals surface area contributed by atoms with Gasteiger partial charge in [0.15, 0.2) is 0 Å². The molecule has 0 spiro atoms.